The van der Waals surface area contributed by atoms with Gasteiger partial charge in [0.15, 0.2) is 0 Å². The van der Waals surface area contributed by atoms with Crippen LogP contribution in [0, 0.1) is 0 Å². The molecule has 0 saturated heterocycles. The first-order valence-corrected chi connectivity index (χ1v) is 29.1. The first-order chi connectivity index (χ1) is 30.4. The molecular formula is C53H109N2O6P. The van der Waals surface area contributed by atoms with Crippen LogP contribution in [-0.4, -0.2) is 47.8 Å². The van der Waals surface area contributed by atoms with E-state index in [0.29, 0.717) is 12.8 Å². The molecule has 0 aromatic carbocycles. The van der Waals surface area contributed by atoms with Gasteiger partial charge in [-0.25, -0.2) is 4.57 Å². The number of phosphoric acid groups is 1. The second-order valence-electron chi connectivity index (χ2n) is 19.2. The van der Waals surface area contributed by atoms with Crippen molar-refractivity contribution in [3.05, 3.63) is 0 Å². The topological polar surface area (TPSA) is 131 Å². The lowest BCUT2D eigenvalue weighted by molar-refractivity contribution is -0.123. The summed E-state index contributed by atoms with van der Waals surface area (Å²) in [6, 6.07) is -0.769. The van der Waals surface area contributed by atoms with Crippen molar-refractivity contribution in [2.24, 2.45) is 5.73 Å². The van der Waals surface area contributed by atoms with E-state index in [1.165, 1.54) is 238 Å². The molecule has 372 valence electrons. The van der Waals surface area contributed by atoms with Gasteiger partial charge in [-0.2, -0.15) is 0 Å². The molecule has 0 heterocycles. The van der Waals surface area contributed by atoms with E-state index in [1.807, 2.05) is 0 Å². The zero-order valence-corrected chi connectivity index (χ0v) is 42.5. The molecule has 0 saturated carbocycles. The number of hydrogen-bond acceptors (Lipinski definition) is 6. The Labute approximate surface area is 386 Å². The van der Waals surface area contributed by atoms with Gasteiger partial charge in [-0.1, -0.05) is 284 Å². The van der Waals surface area contributed by atoms with E-state index in [-0.39, 0.29) is 25.7 Å². The number of unbranched alkanes of at least 4 members (excludes halogenated alkanes) is 41. The molecule has 0 spiro atoms. The first kappa shape index (κ1) is 61.5. The highest BCUT2D eigenvalue weighted by Crippen LogP contribution is 2.43. The minimum atomic E-state index is -4.32. The number of hydrogen-bond donors (Lipinski definition) is 4. The Hall–Kier alpha value is -0.500. The van der Waals surface area contributed by atoms with Crippen LogP contribution in [-0.2, 0) is 18.4 Å². The second kappa shape index (κ2) is 49.9. The van der Waals surface area contributed by atoms with Gasteiger partial charge in [-0.15, -0.1) is 0 Å². The molecule has 0 radical (unpaired) electrons. The van der Waals surface area contributed by atoms with Gasteiger partial charge in [0.2, 0.25) is 5.91 Å². The average Bonchev–Trinajstić information content (AvgIpc) is 3.26. The Morgan fingerprint density at radius 3 is 1.03 bits per heavy atom. The maximum atomic E-state index is 12.9. The van der Waals surface area contributed by atoms with Gasteiger partial charge in [0.05, 0.1) is 25.4 Å². The van der Waals surface area contributed by atoms with E-state index in [1.54, 1.807) is 0 Å². The maximum absolute atomic E-state index is 12.9. The highest BCUT2D eigenvalue weighted by atomic mass is 31.2. The molecule has 0 aliphatic heterocycles. The minimum Gasteiger partial charge on any atom is -0.391 e. The van der Waals surface area contributed by atoms with Gasteiger partial charge >= 0.3 is 7.82 Å². The van der Waals surface area contributed by atoms with Crippen LogP contribution in [0.2, 0.25) is 0 Å². The second-order valence-corrected chi connectivity index (χ2v) is 20.6. The molecule has 0 aromatic heterocycles. The summed E-state index contributed by atoms with van der Waals surface area (Å²) in [6.45, 7) is 4.27. The lowest BCUT2D eigenvalue weighted by Gasteiger charge is -2.25. The Kier molecular flexibility index (Phi) is 49.5. The van der Waals surface area contributed by atoms with Crippen LogP contribution in [0.4, 0.5) is 0 Å². The standard InChI is InChI=1S/C53H109N2O6P/c1-3-5-7-9-11-13-15-17-19-21-22-23-24-25-26-27-28-29-31-33-35-37-39-41-43-45-47-53(57)55-51(50-61-62(58,59)60-49-48-54)52(56)46-44-42-40-38-36-34-32-30-20-18-16-14-12-10-8-6-4-2/h51-52,56H,3-50,54H2,1-2H3,(H,55,57)(H,58,59)/t51-,52+/m0/s1. The third kappa shape index (κ3) is 47.5. The van der Waals surface area contributed by atoms with Crippen molar-refractivity contribution in [3.63, 3.8) is 0 Å². The number of nitrogens with one attached hydrogen (secondary N) is 1. The lowest BCUT2D eigenvalue weighted by atomic mass is 10.0. The Balaban J connectivity index is 3.91. The fourth-order valence-electron chi connectivity index (χ4n) is 8.79. The number of carbonyl (C=O) groups excluding carboxylic acids is 1. The largest absolute Gasteiger partial charge is 0.472 e. The third-order valence-electron chi connectivity index (χ3n) is 13.0. The summed E-state index contributed by atoms with van der Waals surface area (Å²) in [7, 11) is -4.32. The molecule has 1 amide bonds. The molecule has 1 unspecified atom stereocenters. The molecule has 3 atom stereocenters. The van der Waals surface area contributed by atoms with Gasteiger partial charge in [0, 0.05) is 13.0 Å². The van der Waals surface area contributed by atoms with E-state index in [9.17, 15) is 19.4 Å². The van der Waals surface area contributed by atoms with Gasteiger partial charge in [-0.3, -0.25) is 13.8 Å². The van der Waals surface area contributed by atoms with E-state index in [0.717, 1.165) is 38.5 Å². The van der Waals surface area contributed by atoms with Crippen LogP contribution in [0.5, 0.6) is 0 Å². The zero-order chi connectivity index (χ0) is 45.3. The van der Waals surface area contributed by atoms with Gasteiger partial charge in [0.25, 0.3) is 0 Å². The molecule has 5 N–H and O–H groups in total. The Morgan fingerprint density at radius 1 is 0.468 bits per heavy atom. The van der Waals surface area contributed by atoms with Crippen LogP contribution in [0.25, 0.3) is 0 Å². The predicted octanol–water partition coefficient (Wildman–Crippen LogP) is 16.5. The number of aliphatic hydroxyl groups excluding tert-OH is 1. The van der Waals surface area contributed by atoms with Crippen LogP contribution in [0.1, 0.15) is 303 Å². The molecule has 0 bridgehead atoms. The molecule has 8 nitrogen and oxygen atoms in total. The highest BCUT2D eigenvalue weighted by molar-refractivity contribution is 7.47. The molecule has 62 heavy (non-hydrogen) atoms. The molecular weight excluding hydrogens is 792 g/mol. The van der Waals surface area contributed by atoms with E-state index in [2.05, 4.69) is 19.2 Å². The Morgan fingerprint density at radius 2 is 0.742 bits per heavy atom. The van der Waals surface area contributed by atoms with Crippen molar-refractivity contribution in [1.29, 1.82) is 0 Å². The highest BCUT2D eigenvalue weighted by Gasteiger charge is 2.27. The maximum Gasteiger partial charge on any atom is 0.472 e. The molecule has 0 rings (SSSR count). The molecule has 0 fully saturated rings. The van der Waals surface area contributed by atoms with Crippen LogP contribution < -0.4 is 11.1 Å². The zero-order valence-electron chi connectivity index (χ0n) is 41.6. The summed E-state index contributed by atoms with van der Waals surface area (Å²) in [5.41, 5.74) is 5.41. The number of nitrogens with two attached hydrogens (primary N) is 1. The monoisotopic (exact) mass is 901 g/mol. The summed E-state index contributed by atoms with van der Waals surface area (Å²) in [5.74, 6) is -0.153. The third-order valence-corrected chi connectivity index (χ3v) is 13.9. The lowest BCUT2D eigenvalue weighted by Crippen LogP contribution is -2.46. The van der Waals surface area contributed by atoms with Crippen molar-refractivity contribution in [1.82, 2.24) is 5.32 Å². The molecule has 0 aromatic rings. The van der Waals surface area contributed by atoms with E-state index in [4.69, 9.17) is 14.8 Å². The van der Waals surface area contributed by atoms with Crippen LogP contribution in [0.3, 0.4) is 0 Å². The van der Waals surface area contributed by atoms with Gasteiger partial charge < -0.3 is 21.1 Å². The minimum absolute atomic E-state index is 0.0929. The number of carbonyl (C=O) groups is 1. The summed E-state index contributed by atoms with van der Waals surface area (Å²) in [4.78, 5) is 22.9. The quantitative estimate of drug-likeness (QED) is 0.0353. The Bertz CT molecular complexity index is 942. The molecule has 9 heteroatoms. The predicted molar refractivity (Wildman–Crippen MR) is 268 cm³/mol. The van der Waals surface area contributed by atoms with Crippen LogP contribution in [0.15, 0.2) is 0 Å². The summed E-state index contributed by atoms with van der Waals surface area (Å²) < 4.78 is 22.3. The SMILES string of the molecule is CCCCCCCCCCCCCCCCCCCCCCCCCCCCC(=O)N[C@@H](COP(=O)(O)OCCN)[C@H](O)CCCCCCCCCCCCCCCCCCC. The summed E-state index contributed by atoms with van der Waals surface area (Å²) in [6.07, 6.45) is 57.1. The van der Waals surface area contributed by atoms with Crippen molar-refractivity contribution < 1.29 is 28.4 Å². The fourth-order valence-corrected chi connectivity index (χ4v) is 9.55. The van der Waals surface area contributed by atoms with Crippen LogP contribution >= 0.6 is 7.82 Å². The van der Waals surface area contributed by atoms with Gasteiger partial charge in [0.1, 0.15) is 0 Å². The summed E-state index contributed by atoms with van der Waals surface area (Å²) in [5, 5.41) is 13.9. The normalized spacial score (nSPS) is 13.7. The first-order valence-electron chi connectivity index (χ1n) is 27.7. The van der Waals surface area contributed by atoms with Gasteiger partial charge in [-0.05, 0) is 12.8 Å². The van der Waals surface area contributed by atoms with Crippen molar-refractivity contribution in [2.75, 3.05) is 19.8 Å². The van der Waals surface area contributed by atoms with Crippen molar-refractivity contribution in [2.45, 2.75) is 315 Å². The number of aliphatic hydroxyl groups is 1. The number of phosphoric ester groups is 1. The smallest absolute Gasteiger partial charge is 0.391 e. The summed E-state index contributed by atoms with van der Waals surface area (Å²) >= 11 is 0. The van der Waals surface area contributed by atoms with Crippen molar-refractivity contribution >= 4 is 13.7 Å². The number of rotatable bonds is 53. The van der Waals surface area contributed by atoms with Crippen molar-refractivity contribution in [3.8, 4) is 0 Å². The number of amides is 1. The fraction of sp³-hybridized carbons (Fsp3) is 0.981. The molecule has 0 aliphatic rings. The van der Waals surface area contributed by atoms with E-state index >= 15 is 0 Å². The average molecular weight is 901 g/mol. The van der Waals surface area contributed by atoms with E-state index < -0.39 is 20.0 Å². The molecule has 0 aliphatic carbocycles.